The molecule has 1 aliphatic rings. The Morgan fingerprint density at radius 1 is 1.38 bits per heavy atom. The van der Waals surface area contributed by atoms with Crippen molar-refractivity contribution in [1.82, 2.24) is 5.32 Å². The predicted octanol–water partition coefficient (Wildman–Crippen LogP) is 2.99. The largest absolute Gasteiger partial charge is 0.467 e. The second-order valence-electron chi connectivity index (χ2n) is 5.43. The Kier molecular flexibility index (Phi) is 4.79. The van der Waals surface area contributed by atoms with E-state index >= 15 is 0 Å². The van der Waals surface area contributed by atoms with Crippen LogP contribution in [0.15, 0.2) is 18.2 Å². The molecule has 4 nitrogen and oxygen atoms in total. The highest BCUT2D eigenvalue weighted by molar-refractivity contribution is 6.35. The lowest BCUT2D eigenvalue weighted by Crippen LogP contribution is -2.55. The summed E-state index contributed by atoms with van der Waals surface area (Å²) in [7, 11) is 1.32. The molecule has 0 saturated heterocycles. The SMILES string of the molecule is COC(=O)[C@](C)(NC(=O)Cc1ccc(Cl)cc1Cl)C1CC1. The second kappa shape index (κ2) is 6.24. The molecule has 1 amide bonds. The smallest absolute Gasteiger partial charge is 0.331 e. The fourth-order valence-electron chi connectivity index (χ4n) is 2.36. The van der Waals surface area contributed by atoms with Gasteiger partial charge in [-0.05, 0) is 43.4 Å². The average Bonchev–Trinajstić information content (AvgIpc) is 3.25. The topological polar surface area (TPSA) is 55.4 Å². The fourth-order valence-corrected chi connectivity index (χ4v) is 2.84. The molecule has 1 aromatic rings. The summed E-state index contributed by atoms with van der Waals surface area (Å²) in [6, 6.07) is 4.97. The van der Waals surface area contributed by atoms with E-state index in [1.54, 1.807) is 25.1 Å². The van der Waals surface area contributed by atoms with E-state index in [4.69, 9.17) is 27.9 Å². The molecular formula is C15H17Cl2NO3. The molecule has 0 bridgehead atoms. The maximum atomic E-state index is 12.2. The number of amides is 1. The molecule has 0 spiro atoms. The molecule has 0 aromatic heterocycles. The molecule has 0 radical (unpaired) electrons. The van der Waals surface area contributed by atoms with Crippen molar-refractivity contribution in [2.75, 3.05) is 7.11 Å². The number of halogens is 2. The van der Waals surface area contributed by atoms with Crippen LogP contribution < -0.4 is 5.32 Å². The van der Waals surface area contributed by atoms with Gasteiger partial charge in [-0.15, -0.1) is 0 Å². The van der Waals surface area contributed by atoms with E-state index < -0.39 is 11.5 Å². The monoisotopic (exact) mass is 329 g/mol. The quantitative estimate of drug-likeness (QED) is 0.845. The average molecular weight is 330 g/mol. The first-order valence-corrected chi connectivity index (χ1v) is 7.45. The fraction of sp³-hybridized carbons (Fsp3) is 0.467. The number of benzene rings is 1. The predicted molar refractivity (Wildman–Crippen MR) is 81.5 cm³/mol. The Morgan fingerprint density at radius 2 is 2.05 bits per heavy atom. The van der Waals surface area contributed by atoms with Crippen LogP contribution in [-0.2, 0) is 20.7 Å². The standard InChI is InChI=1S/C15H17Cl2NO3/c1-15(10-4-5-10,14(20)21-2)18-13(19)7-9-3-6-11(16)8-12(9)17/h3,6,8,10H,4-5,7H2,1-2H3,(H,18,19)/t15-/m1/s1. The zero-order chi connectivity index (χ0) is 15.6. The number of nitrogens with one attached hydrogen (secondary N) is 1. The number of carbonyl (C=O) groups is 2. The lowest BCUT2D eigenvalue weighted by molar-refractivity contribution is -0.151. The highest BCUT2D eigenvalue weighted by atomic mass is 35.5. The minimum Gasteiger partial charge on any atom is -0.467 e. The molecule has 1 N–H and O–H groups in total. The van der Waals surface area contributed by atoms with Gasteiger partial charge in [0.15, 0.2) is 0 Å². The van der Waals surface area contributed by atoms with Gasteiger partial charge in [-0.1, -0.05) is 29.3 Å². The summed E-state index contributed by atoms with van der Waals surface area (Å²) in [6.45, 7) is 1.71. The van der Waals surface area contributed by atoms with Crippen LogP contribution in [0.4, 0.5) is 0 Å². The van der Waals surface area contributed by atoms with Gasteiger partial charge in [0.1, 0.15) is 5.54 Å². The molecule has 6 heteroatoms. The van der Waals surface area contributed by atoms with Crippen molar-refractivity contribution in [2.45, 2.75) is 31.7 Å². The normalized spacial score (nSPS) is 17.0. The third-order valence-electron chi connectivity index (χ3n) is 3.77. The number of ether oxygens (including phenoxy) is 1. The lowest BCUT2D eigenvalue weighted by Gasteiger charge is -2.28. The molecule has 0 unspecified atom stereocenters. The molecule has 1 fully saturated rings. The van der Waals surface area contributed by atoms with E-state index in [0.29, 0.717) is 15.6 Å². The summed E-state index contributed by atoms with van der Waals surface area (Å²) in [6.07, 6.45) is 1.91. The van der Waals surface area contributed by atoms with E-state index in [1.165, 1.54) is 7.11 Å². The lowest BCUT2D eigenvalue weighted by atomic mass is 9.95. The summed E-state index contributed by atoms with van der Waals surface area (Å²) in [4.78, 5) is 24.1. The summed E-state index contributed by atoms with van der Waals surface area (Å²) in [5.74, 6) is -0.547. The van der Waals surface area contributed by atoms with Gasteiger partial charge < -0.3 is 10.1 Å². The number of methoxy groups -OCH3 is 1. The van der Waals surface area contributed by atoms with E-state index in [2.05, 4.69) is 5.32 Å². The zero-order valence-electron chi connectivity index (χ0n) is 11.9. The molecule has 1 aromatic carbocycles. The van der Waals surface area contributed by atoms with Crippen LogP contribution in [0.1, 0.15) is 25.3 Å². The van der Waals surface area contributed by atoms with Crippen molar-refractivity contribution < 1.29 is 14.3 Å². The molecule has 0 heterocycles. The van der Waals surface area contributed by atoms with Gasteiger partial charge in [0, 0.05) is 10.0 Å². The van der Waals surface area contributed by atoms with Crippen LogP contribution in [-0.4, -0.2) is 24.5 Å². The zero-order valence-corrected chi connectivity index (χ0v) is 13.4. The van der Waals surface area contributed by atoms with Gasteiger partial charge in [-0.2, -0.15) is 0 Å². The molecular weight excluding hydrogens is 313 g/mol. The highest BCUT2D eigenvalue weighted by Gasteiger charge is 2.49. The molecule has 2 rings (SSSR count). The first-order chi connectivity index (χ1) is 9.86. The second-order valence-corrected chi connectivity index (χ2v) is 6.27. The summed E-state index contributed by atoms with van der Waals surface area (Å²) >= 11 is 11.9. The Labute approximate surface area is 133 Å². The third-order valence-corrected chi connectivity index (χ3v) is 4.36. The summed E-state index contributed by atoms with van der Waals surface area (Å²) in [5.41, 5.74) is -0.299. The first kappa shape index (κ1) is 16.1. The van der Waals surface area contributed by atoms with E-state index in [-0.39, 0.29) is 18.2 Å². The molecule has 1 saturated carbocycles. The van der Waals surface area contributed by atoms with Gasteiger partial charge in [0.25, 0.3) is 0 Å². The van der Waals surface area contributed by atoms with Gasteiger partial charge in [-0.3, -0.25) is 4.79 Å². The molecule has 1 atom stereocenters. The Balaban J connectivity index is 2.08. The van der Waals surface area contributed by atoms with Crippen molar-refractivity contribution in [3.8, 4) is 0 Å². The first-order valence-electron chi connectivity index (χ1n) is 6.70. The van der Waals surface area contributed by atoms with Gasteiger partial charge in [0.2, 0.25) is 5.91 Å². The van der Waals surface area contributed by atoms with Gasteiger partial charge in [-0.25, -0.2) is 4.79 Å². The van der Waals surface area contributed by atoms with Crippen LogP contribution in [0, 0.1) is 5.92 Å². The number of rotatable bonds is 5. The number of hydrogen-bond donors (Lipinski definition) is 1. The van der Waals surface area contributed by atoms with Crippen molar-refractivity contribution in [3.05, 3.63) is 33.8 Å². The van der Waals surface area contributed by atoms with Crippen molar-refractivity contribution in [2.24, 2.45) is 5.92 Å². The van der Waals surface area contributed by atoms with Crippen LogP contribution in [0.2, 0.25) is 10.0 Å². The third kappa shape index (κ3) is 3.69. The van der Waals surface area contributed by atoms with Crippen molar-refractivity contribution in [3.63, 3.8) is 0 Å². The molecule has 21 heavy (non-hydrogen) atoms. The van der Waals surface area contributed by atoms with Crippen LogP contribution in [0.3, 0.4) is 0 Å². The highest BCUT2D eigenvalue weighted by Crippen LogP contribution is 2.40. The van der Waals surface area contributed by atoms with Crippen LogP contribution in [0.5, 0.6) is 0 Å². The van der Waals surface area contributed by atoms with E-state index in [0.717, 1.165) is 12.8 Å². The minimum atomic E-state index is -0.968. The summed E-state index contributed by atoms with van der Waals surface area (Å²) in [5, 5.41) is 3.74. The molecule has 0 aliphatic heterocycles. The Hall–Kier alpha value is -1.26. The van der Waals surface area contributed by atoms with E-state index in [9.17, 15) is 9.59 Å². The van der Waals surface area contributed by atoms with Gasteiger partial charge in [0.05, 0.1) is 13.5 Å². The minimum absolute atomic E-state index is 0.0926. The maximum absolute atomic E-state index is 12.2. The Morgan fingerprint density at radius 3 is 2.57 bits per heavy atom. The number of esters is 1. The van der Waals surface area contributed by atoms with Crippen molar-refractivity contribution in [1.29, 1.82) is 0 Å². The summed E-state index contributed by atoms with van der Waals surface area (Å²) < 4.78 is 4.81. The molecule has 114 valence electrons. The van der Waals surface area contributed by atoms with Crippen LogP contribution in [0.25, 0.3) is 0 Å². The Bertz CT molecular complexity index is 572. The maximum Gasteiger partial charge on any atom is 0.331 e. The van der Waals surface area contributed by atoms with Crippen molar-refractivity contribution >= 4 is 35.1 Å². The van der Waals surface area contributed by atoms with E-state index in [1.807, 2.05) is 0 Å². The molecule has 1 aliphatic carbocycles. The van der Waals surface area contributed by atoms with Crippen LogP contribution >= 0.6 is 23.2 Å². The number of hydrogen-bond acceptors (Lipinski definition) is 3. The number of carbonyl (C=O) groups excluding carboxylic acids is 2. The van der Waals surface area contributed by atoms with Gasteiger partial charge >= 0.3 is 5.97 Å².